The van der Waals surface area contributed by atoms with Crippen molar-refractivity contribution in [3.63, 3.8) is 0 Å². The second-order valence-corrected chi connectivity index (χ2v) is 5.11. The van der Waals surface area contributed by atoms with Gasteiger partial charge in [0.15, 0.2) is 11.5 Å². The quantitative estimate of drug-likeness (QED) is 0.760. The van der Waals surface area contributed by atoms with Crippen LogP contribution < -0.4 is 14.4 Å². The van der Waals surface area contributed by atoms with Crippen molar-refractivity contribution in [1.82, 2.24) is 0 Å². The predicted molar refractivity (Wildman–Crippen MR) is 75.2 cm³/mol. The minimum Gasteiger partial charge on any atom is -0.454 e. The summed E-state index contributed by atoms with van der Waals surface area (Å²) < 4.78 is 10.5. The molecule has 5 nitrogen and oxygen atoms in total. The molecule has 0 aromatic heterocycles. The Morgan fingerprint density at radius 3 is 2.52 bits per heavy atom. The lowest BCUT2D eigenvalue weighted by Gasteiger charge is -2.14. The molecule has 0 atom stereocenters. The first-order valence-corrected chi connectivity index (χ1v) is 6.61. The summed E-state index contributed by atoms with van der Waals surface area (Å²) in [6.45, 7) is 0.135. The Morgan fingerprint density at radius 2 is 1.67 bits per heavy atom. The lowest BCUT2D eigenvalue weighted by atomic mass is 10.1. The minimum absolute atomic E-state index is 0.135. The first-order valence-electron chi connectivity index (χ1n) is 6.23. The van der Waals surface area contributed by atoms with E-state index in [-0.39, 0.29) is 12.7 Å². The molecule has 0 N–H and O–H groups in total. The molecule has 0 saturated heterocycles. The van der Waals surface area contributed by atoms with Gasteiger partial charge in [-0.25, -0.2) is 4.90 Å². The van der Waals surface area contributed by atoms with Crippen molar-refractivity contribution in [1.29, 1.82) is 0 Å². The van der Waals surface area contributed by atoms with Crippen LogP contribution in [-0.2, 0) is 0 Å². The van der Waals surface area contributed by atoms with Crippen molar-refractivity contribution < 1.29 is 19.1 Å². The van der Waals surface area contributed by atoms with Gasteiger partial charge in [-0.3, -0.25) is 9.59 Å². The number of rotatable bonds is 1. The van der Waals surface area contributed by atoms with Gasteiger partial charge in [0.1, 0.15) is 0 Å². The molecule has 0 saturated carbocycles. The standard InChI is InChI=1S/C15H8ClNO4/c16-8-1-3-10-11(5-8)15(19)17(14(10)18)9-2-4-12-13(6-9)21-7-20-12/h1-6H,7H2. The Hall–Kier alpha value is -2.53. The van der Waals surface area contributed by atoms with E-state index in [0.29, 0.717) is 33.3 Å². The highest BCUT2D eigenvalue weighted by atomic mass is 35.5. The summed E-state index contributed by atoms with van der Waals surface area (Å²) in [5.74, 6) is 0.349. The van der Waals surface area contributed by atoms with Crippen molar-refractivity contribution in [2.75, 3.05) is 11.7 Å². The van der Waals surface area contributed by atoms with E-state index >= 15 is 0 Å². The molecule has 0 unspecified atom stereocenters. The largest absolute Gasteiger partial charge is 0.454 e. The summed E-state index contributed by atoms with van der Waals surface area (Å²) in [6, 6.07) is 9.60. The highest BCUT2D eigenvalue weighted by molar-refractivity contribution is 6.36. The summed E-state index contributed by atoms with van der Waals surface area (Å²) in [4.78, 5) is 26.0. The molecular weight excluding hydrogens is 294 g/mol. The van der Waals surface area contributed by atoms with Gasteiger partial charge in [-0.1, -0.05) is 11.6 Å². The number of fused-ring (bicyclic) bond motifs is 2. The molecule has 0 fully saturated rings. The van der Waals surface area contributed by atoms with Gasteiger partial charge in [0.2, 0.25) is 6.79 Å². The number of hydrogen-bond donors (Lipinski definition) is 0. The van der Waals surface area contributed by atoms with Gasteiger partial charge in [-0.05, 0) is 30.3 Å². The summed E-state index contributed by atoms with van der Waals surface area (Å²) >= 11 is 5.89. The Balaban J connectivity index is 1.81. The second kappa shape index (κ2) is 4.23. The fourth-order valence-electron chi connectivity index (χ4n) is 2.47. The molecule has 2 aliphatic heterocycles. The first-order chi connectivity index (χ1) is 10.1. The summed E-state index contributed by atoms with van der Waals surface area (Å²) in [5.41, 5.74) is 1.11. The third-order valence-corrected chi connectivity index (χ3v) is 3.70. The first kappa shape index (κ1) is 12.2. The van der Waals surface area contributed by atoms with Crippen LogP contribution in [0.5, 0.6) is 11.5 Å². The number of carbonyl (C=O) groups is 2. The molecule has 0 aliphatic carbocycles. The normalized spacial score (nSPS) is 15.6. The van der Waals surface area contributed by atoms with Crippen LogP contribution >= 0.6 is 11.6 Å². The summed E-state index contributed by atoms with van der Waals surface area (Å²) in [5, 5.41) is 0.419. The van der Waals surface area contributed by atoms with Gasteiger partial charge >= 0.3 is 0 Å². The van der Waals surface area contributed by atoms with Crippen LogP contribution in [0.1, 0.15) is 20.7 Å². The molecule has 0 bridgehead atoms. The van der Waals surface area contributed by atoms with Gasteiger partial charge in [-0.2, -0.15) is 0 Å². The van der Waals surface area contributed by atoms with Gasteiger partial charge in [0, 0.05) is 11.1 Å². The van der Waals surface area contributed by atoms with E-state index in [1.807, 2.05) is 0 Å². The predicted octanol–water partition coefficient (Wildman–Crippen LogP) is 2.87. The minimum atomic E-state index is -0.392. The molecule has 0 radical (unpaired) electrons. The molecule has 2 aromatic carbocycles. The monoisotopic (exact) mass is 301 g/mol. The van der Waals surface area contributed by atoms with Crippen LogP contribution in [0.4, 0.5) is 5.69 Å². The van der Waals surface area contributed by atoms with Gasteiger partial charge in [0.05, 0.1) is 16.8 Å². The number of hydrogen-bond acceptors (Lipinski definition) is 4. The Bertz CT molecular complexity index is 802. The Kier molecular flexibility index (Phi) is 2.46. The highest BCUT2D eigenvalue weighted by Gasteiger charge is 2.37. The average Bonchev–Trinajstić information content (AvgIpc) is 3.02. The van der Waals surface area contributed by atoms with E-state index in [9.17, 15) is 9.59 Å². The van der Waals surface area contributed by atoms with Crippen molar-refractivity contribution in [2.45, 2.75) is 0 Å². The summed E-state index contributed by atoms with van der Waals surface area (Å²) in [6.07, 6.45) is 0. The van der Waals surface area contributed by atoms with Crippen molar-refractivity contribution in [3.8, 4) is 11.5 Å². The number of benzene rings is 2. The Labute approximate surface area is 124 Å². The zero-order valence-corrected chi connectivity index (χ0v) is 11.4. The molecule has 21 heavy (non-hydrogen) atoms. The lowest BCUT2D eigenvalue weighted by molar-refractivity contribution is 0.0926. The third-order valence-electron chi connectivity index (χ3n) is 3.46. The highest BCUT2D eigenvalue weighted by Crippen LogP contribution is 2.38. The molecule has 0 spiro atoms. The molecule has 4 rings (SSSR count). The molecule has 2 aliphatic rings. The number of imide groups is 1. The number of anilines is 1. The smallest absolute Gasteiger partial charge is 0.266 e. The van der Waals surface area contributed by atoms with Crippen LogP contribution in [0, 0.1) is 0 Å². The zero-order chi connectivity index (χ0) is 14.6. The second-order valence-electron chi connectivity index (χ2n) is 4.67. The van der Waals surface area contributed by atoms with E-state index in [1.54, 1.807) is 30.3 Å². The molecule has 6 heteroatoms. The number of nitrogens with zero attached hydrogens (tertiary/aromatic N) is 1. The summed E-state index contributed by atoms with van der Waals surface area (Å²) in [7, 11) is 0. The number of carbonyl (C=O) groups excluding carboxylic acids is 2. The maximum absolute atomic E-state index is 12.4. The lowest BCUT2D eigenvalue weighted by Crippen LogP contribution is -2.29. The average molecular weight is 302 g/mol. The van der Waals surface area contributed by atoms with E-state index in [1.165, 1.54) is 6.07 Å². The van der Waals surface area contributed by atoms with E-state index in [0.717, 1.165) is 4.90 Å². The molecule has 2 aromatic rings. The van der Waals surface area contributed by atoms with Crippen LogP contribution in [0.25, 0.3) is 0 Å². The maximum atomic E-state index is 12.4. The van der Waals surface area contributed by atoms with Crippen LogP contribution in [0.2, 0.25) is 5.02 Å². The topological polar surface area (TPSA) is 55.8 Å². The SMILES string of the molecule is O=C1c2ccc(Cl)cc2C(=O)N1c1ccc2c(c1)OCO2. The van der Waals surface area contributed by atoms with Gasteiger partial charge < -0.3 is 9.47 Å². The zero-order valence-electron chi connectivity index (χ0n) is 10.6. The van der Waals surface area contributed by atoms with Crippen LogP contribution in [-0.4, -0.2) is 18.6 Å². The van der Waals surface area contributed by atoms with Crippen molar-refractivity contribution in [2.24, 2.45) is 0 Å². The fourth-order valence-corrected chi connectivity index (χ4v) is 2.64. The van der Waals surface area contributed by atoms with Crippen molar-refractivity contribution in [3.05, 3.63) is 52.5 Å². The third kappa shape index (κ3) is 1.71. The molecular formula is C15H8ClNO4. The fraction of sp³-hybridized carbons (Fsp3) is 0.0667. The van der Waals surface area contributed by atoms with E-state index in [2.05, 4.69) is 0 Å². The van der Waals surface area contributed by atoms with Crippen molar-refractivity contribution >= 4 is 29.1 Å². The molecule has 104 valence electrons. The number of halogens is 1. The van der Waals surface area contributed by atoms with E-state index in [4.69, 9.17) is 21.1 Å². The van der Waals surface area contributed by atoms with Crippen LogP contribution in [0.15, 0.2) is 36.4 Å². The van der Waals surface area contributed by atoms with Gasteiger partial charge in [-0.15, -0.1) is 0 Å². The van der Waals surface area contributed by atoms with E-state index < -0.39 is 5.91 Å². The number of ether oxygens (including phenoxy) is 2. The maximum Gasteiger partial charge on any atom is 0.266 e. The van der Waals surface area contributed by atoms with Crippen LogP contribution in [0.3, 0.4) is 0 Å². The molecule has 2 amide bonds. The number of amides is 2. The molecule has 2 heterocycles. The van der Waals surface area contributed by atoms with Gasteiger partial charge in [0.25, 0.3) is 11.8 Å². The Morgan fingerprint density at radius 1 is 0.905 bits per heavy atom.